The molecule has 3 rings (SSSR count). The Morgan fingerprint density at radius 3 is 2.69 bits per heavy atom. The number of hydrogen-bond acceptors (Lipinski definition) is 5. The first kappa shape index (κ1) is 21.6. The first-order chi connectivity index (χ1) is 14.0. The van der Waals surface area contributed by atoms with Crippen molar-refractivity contribution in [2.45, 2.75) is 38.6 Å². The Kier molecular flexibility index (Phi) is 7.54. The van der Waals surface area contributed by atoms with E-state index in [4.69, 9.17) is 4.74 Å². The number of amides is 1. The standard InChI is InChI=1S/C21H23IN4O2S/c1-4-26-20(15(3)28-17-8-6-5-7-9-17)24-25-21(26)29-13-19(27)23-18-11-10-16(22)12-14(18)2/h5-12,15H,4,13H2,1-3H3,(H,23,27)/t15-/m1/s1. The van der Waals surface area contributed by atoms with E-state index in [1.54, 1.807) is 0 Å². The van der Waals surface area contributed by atoms with Crippen LogP contribution in [0.15, 0.2) is 53.7 Å². The predicted molar refractivity (Wildman–Crippen MR) is 124 cm³/mol. The number of carbonyl (C=O) groups excluding carboxylic acids is 1. The van der Waals surface area contributed by atoms with Crippen molar-refractivity contribution in [1.29, 1.82) is 0 Å². The molecule has 0 aliphatic carbocycles. The van der Waals surface area contributed by atoms with Gasteiger partial charge in [0.1, 0.15) is 5.75 Å². The normalized spacial score (nSPS) is 11.9. The van der Waals surface area contributed by atoms with Crippen molar-refractivity contribution in [2.75, 3.05) is 11.1 Å². The highest BCUT2D eigenvalue weighted by atomic mass is 127. The lowest BCUT2D eigenvalue weighted by molar-refractivity contribution is -0.113. The third kappa shape index (κ3) is 5.72. The molecule has 0 unspecified atom stereocenters. The highest BCUT2D eigenvalue weighted by molar-refractivity contribution is 14.1. The van der Waals surface area contributed by atoms with Crippen LogP contribution in [0.4, 0.5) is 5.69 Å². The van der Waals surface area contributed by atoms with Crippen molar-refractivity contribution in [3.05, 3.63) is 63.5 Å². The summed E-state index contributed by atoms with van der Waals surface area (Å²) in [6, 6.07) is 15.6. The lowest BCUT2D eigenvalue weighted by Crippen LogP contribution is -2.16. The van der Waals surface area contributed by atoms with E-state index in [1.807, 2.05) is 73.9 Å². The molecule has 0 bridgehead atoms. The van der Waals surface area contributed by atoms with Gasteiger partial charge in [0.15, 0.2) is 17.1 Å². The smallest absolute Gasteiger partial charge is 0.234 e. The third-order valence-corrected chi connectivity index (χ3v) is 5.91. The molecule has 0 spiro atoms. The van der Waals surface area contributed by atoms with Crippen molar-refractivity contribution in [1.82, 2.24) is 14.8 Å². The van der Waals surface area contributed by atoms with Crippen molar-refractivity contribution < 1.29 is 9.53 Å². The van der Waals surface area contributed by atoms with Gasteiger partial charge in [0.2, 0.25) is 5.91 Å². The molecule has 0 fully saturated rings. The van der Waals surface area contributed by atoms with E-state index < -0.39 is 0 Å². The number of para-hydroxylation sites is 1. The molecule has 8 heteroatoms. The molecule has 1 atom stereocenters. The lowest BCUT2D eigenvalue weighted by Gasteiger charge is -2.15. The quantitative estimate of drug-likeness (QED) is 0.330. The number of carbonyl (C=O) groups is 1. The fourth-order valence-electron chi connectivity index (χ4n) is 2.84. The van der Waals surface area contributed by atoms with E-state index in [9.17, 15) is 4.79 Å². The average molecular weight is 522 g/mol. The molecule has 1 heterocycles. The Labute approximate surface area is 188 Å². The summed E-state index contributed by atoms with van der Waals surface area (Å²) in [7, 11) is 0. The highest BCUT2D eigenvalue weighted by Crippen LogP contribution is 2.25. The molecule has 1 aromatic heterocycles. The Morgan fingerprint density at radius 1 is 1.24 bits per heavy atom. The summed E-state index contributed by atoms with van der Waals surface area (Å²) in [4.78, 5) is 12.4. The van der Waals surface area contributed by atoms with Crippen molar-refractivity contribution in [3.63, 3.8) is 0 Å². The maximum atomic E-state index is 12.4. The Balaban J connectivity index is 1.63. The van der Waals surface area contributed by atoms with Gasteiger partial charge in [-0.15, -0.1) is 10.2 Å². The Hall–Kier alpha value is -2.07. The minimum atomic E-state index is -0.248. The molecule has 0 saturated carbocycles. The van der Waals surface area contributed by atoms with Crippen LogP contribution in [0.3, 0.4) is 0 Å². The topological polar surface area (TPSA) is 69.0 Å². The number of aryl methyl sites for hydroxylation is 1. The summed E-state index contributed by atoms with van der Waals surface area (Å²) in [5, 5.41) is 12.2. The summed E-state index contributed by atoms with van der Waals surface area (Å²) in [5.41, 5.74) is 1.87. The number of anilines is 1. The molecule has 152 valence electrons. The van der Waals surface area contributed by atoms with Gasteiger partial charge in [-0.1, -0.05) is 30.0 Å². The second-order valence-corrected chi connectivity index (χ2v) is 8.64. The zero-order valence-electron chi connectivity index (χ0n) is 16.6. The molecule has 1 amide bonds. The van der Waals surface area contributed by atoms with Crippen molar-refractivity contribution in [2.24, 2.45) is 0 Å². The lowest BCUT2D eigenvalue weighted by atomic mass is 10.2. The Bertz CT molecular complexity index is 978. The number of hydrogen-bond donors (Lipinski definition) is 1. The van der Waals surface area contributed by atoms with Crippen LogP contribution < -0.4 is 10.1 Å². The fraction of sp³-hybridized carbons (Fsp3) is 0.286. The Morgan fingerprint density at radius 2 is 2.00 bits per heavy atom. The molecular weight excluding hydrogens is 499 g/mol. The van der Waals surface area contributed by atoms with E-state index in [1.165, 1.54) is 11.8 Å². The first-order valence-corrected chi connectivity index (χ1v) is 11.4. The highest BCUT2D eigenvalue weighted by Gasteiger charge is 2.19. The van der Waals surface area contributed by atoms with Crippen LogP contribution in [0.1, 0.15) is 31.3 Å². The molecule has 2 aromatic carbocycles. The van der Waals surface area contributed by atoms with Gasteiger partial charge >= 0.3 is 0 Å². The van der Waals surface area contributed by atoms with Crippen LogP contribution >= 0.6 is 34.4 Å². The van der Waals surface area contributed by atoms with E-state index in [0.29, 0.717) is 11.7 Å². The van der Waals surface area contributed by atoms with Gasteiger partial charge in [-0.3, -0.25) is 4.79 Å². The van der Waals surface area contributed by atoms with Gasteiger partial charge in [-0.2, -0.15) is 0 Å². The summed E-state index contributed by atoms with van der Waals surface area (Å²) < 4.78 is 9.10. The zero-order valence-corrected chi connectivity index (χ0v) is 19.5. The molecule has 3 aromatic rings. The van der Waals surface area contributed by atoms with Gasteiger partial charge in [-0.25, -0.2) is 0 Å². The molecule has 0 saturated heterocycles. The molecule has 0 aliphatic rings. The van der Waals surface area contributed by atoms with Crippen LogP contribution in [0.2, 0.25) is 0 Å². The van der Waals surface area contributed by atoms with Crippen LogP contribution in [-0.4, -0.2) is 26.4 Å². The second-order valence-electron chi connectivity index (χ2n) is 6.45. The van der Waals surface area contributed by atoms with Gasteiger partial charge in [0.05, 0.1) is 5.75 Å². The minimum Gasteiger partial charge on any atom is -0.483 e. The summed E-state index contributed by atoms with van der Waals surface area (Å²) in [6.45, 7) is 6.66. The number of rotatable bonds is 8. The monoisotopic (exact) mass is 522 g/mol. The number of nitrogens with zero attached hydrogens (tertiary/aromatic N) is 3. The second kappa shape index (κ2) is 10.1. The fourth-order valence-corrected chi connectivity index (χ4v) is 4.30. The largest absolute Gasteiger partial charge is 0.483 e. The maximum absolute atomic E-state index is 12.4. The number of nitrogens with one attached hydrogen (secondary N) is 1. The van der Waals surface area contributed by atoms with E-state index in [0.717, 1.165) is 26.4 Å². The molecule has 1 N–H and O–H groups in total. The number of thioether (sulfide) groups is 1. The minimum absolute atomic E-state index is 0.0694. The third-order valence-electron chi connectivity index (χ3n) is 4.28. The molecule has 29 heavy (non-hydrogen) atoms. The van der Waals surface area contributed by atoms with Crippen molar-refractivity contribution in [3.8, 4) is 5.75 Å². The van der Waals surface area contributed by atoms with Gasteiger partial charge in [-0.05, 0) is 79.3 Å². The van der Waals surface area contributed by atoms with Gasteiger partial charge < -0.3 is 14.6 Å². The van der Waals surface area contributed by atoms with Crippen LogP contribution in [0, 0.1) is 10.5 Å². The molecule has 0 aliphatic heterocycles. The summed E-state index contributed by atoms with van der Waals surface area (Å²) in [6.07, 6.45) is -0.248. The number of aromatic nitrogens is 3. The van der Waals surface area contributed by atoms with Crippen molar-refractivity contribution >= 4 is 45.9 Å². The SMILES string of the molecule is CCn1c(SCC(=O)Nc2ccc(I)cc2C)nnc1[C@@H](C)Oc1ccccc1. The summed E-state index contributed by atoms with van der Waals surface area (Å²) in [5.74, 6) is 1.72. The predicted octanol–water partition coefficient (Wildman–Crippen LogP) is 5.08. The number of benzene rings is 2. The molecule has 0 radical (unpaired) electrons. The van der Waals surface area contributed by atoms with Crippen LogP contribution in [-0.2, 0) is 11.3 Å². The maximum Gasteiger partial charge on any atom is 0.234 e. The van der Waals surface area contributed by atoms with E-state index >= 15 is 0 Å². The van der Waals surface area contributed by atoms with Crippen LogP contribution in [0.5, 0.6) is 5.75 Å². The van der Waals surface area contributed by atoms with E-state index in [2.05, 4.69) is 38.1 Å². The first-order valence-electron chi connectivity index (χ1n) is 9.31. The zero-order chi connectivity index (χ0) is 20.8. The molecule has 6 nitrogen and oxygen atoms in total. The van der Waals surface area contributed by atoms with Gasteiger partial charge in [0, 0.05) is 15.8 Å². The summed E-state index contributed by atoms with van der Waals surface area (Å²) >= 11 is 3.63. The average Bonchev–Trinajstić information content (AvgIpc) is 3.12. The van der Waals surface area contributed by atoms with E-state index in [-0.39, 0.29) is 17.8 Å². The number of halogens is 1. The van der Waals surface area contributed by atoms with Gasteiger partial charge in [0.25, 0.3) is 0 Å². The number of ether oxygens (including phenoxy) is 1. The van der Waals surface area contributed by atoms with Crippen LogP contribution in [0.25, 0.3) is 0 Å². The molecular formula is C21H23IN4O2S.